The van der Waals surface area contributed by atoms with Gasteiger partial charge in [-0.15, -0.1) is 0 Å². The van der Waals surface area contributed by atoms with Crippen LogP contribution >= 0.6 is 0 Å². The number of aliphatic imine (C=N–C) groups is 1. The van der Waals surface area contributed by atoms with Gasteiger partial charge in [-0.3, -0.25) is 9.69 Å². The quantitative estimate of drug-likeness (QED) is 0.216. The van der Waals surface area contributed by atoms with E-state index in [-0.39, 0.29) is 5.97 Å². The summed E-state index contributed by atoms with van der Waals surface area (Å²) in [6.45, 7) is 11.3. The lowest BCUT2D eigenvalue weighted by Crippen LogP contribution is -2.37. The molecule has 0 aliphatic carbocycles. The fourth-order valence-corrected chi connectivity index (χ4v) is 3.56. The maximum Gasteiger partial charge on any atom is 0.305 e. The number of benzene rings is 1. The zero-order valence-corrected chi connectivity index (χ0v) is 19.3. The Hall–Kier alpha value is -2.12. The number of ether oxygens (including phenoxy) is 2. The van der Waals surface area contributed by atoms with E-state index in [9.17, 15) is 4.79 Å². The van der Waals surface area contributed by atoms with Gasteiger partial charge >= 0.3 is 5.97 Å². The second kappa shape index (κ2) is 15.6. The van der Waals surface area contributed by atoms with Gasteiger partial charge in [-0.1, -0.05) is 37.1 Å². The van der Waals surface area contributed by atoms with Crippen LogP contribution in [0.4, 0.5) is 0 Å². The van der Waals surface area contributed by atoms with Crippen LogP contribution in [0.5, 0.6) is 0 Å². The van der Waals surface area contributed by atoms with Gasteiger partial charge in [0.1, 0.15) is 0 Å². The molecule has 1 aliphatic rings. The van der Waals surface area contributed by atoms with Gasteiger partial charge in [-0.2, -0.15) is 0 Å². The van der Waals surface area contributed by atoms with E-state index in [4.69, 9.17) is 14.5 Å². The Morgan fingerprint density at radius 3 is 2.55 bits per heavy atom. The molecule has 0 unspecified atom stereocenters. The molecular weight excluding hydrogens is 392 g/mol. The average Bonchev–Trinajstić information content (AvgIpc) is 2.78. The maximum absolute atomic E-state index is 11.4. The summed E-state index contributed by atoms with van der Waals surface area (Å²) < 4.78 is 10.4. The second-order valence-electron chi connectivity index (χ2n) is 7.75. The molecule has 174 valence electrons. The molecule has 1 heterocycles. The van der Waals surface area contributed by atoms with Crippen LogP contribution < -0.4 is 10.6 Å². The first kappa shape index (κ1) is 25.1. The van der Waals surface area contributed by atoms with Gasteiger partial charge in [0.15, 0.2) is 5.96 Å². The highest BCUT2D eigenvalue weighted by Crippen LogP contribution is 2.14. The molecular formula is C24H40N4O3. The zero-order valence-electron chi connectivity index (χ0n) is 19.3. The number of nitrogens with zero attached hydrogens (tertiary/aromatic N) is 2. The smallest absolute Gasteiger partial charge is 0.305 e. The molecule has 1 aromatic rings. The SMILES string of the molecule is CCNC(=NCc1ccccc1CN1CCOCC1)NCCCCCCC(=O)OCC. The van der Waals surface area contributed by atoms with Crippen molar-refractivity contribution in [2.24, 2.45) is 4.99 Å². The fourth-order valence-electron chi connectivity index (χ4n) is 3.56. The van der Waals surface area contributed by atoms with Crippen LogP contribution in [0.15, 0.2) is 29.3 Å². The first-order chi connectivity index (χ1) is 15.2. The highest BCUT2D eigenvalue weighted by atomic mass is 16.5. The van der Waals surface area contributed by atoms with Crippen molar-refractivity contribution in [3.8, 4) is 0 Å². The van der Waals surface area contributed by atoms with Crippen molar-refractivity contribution in [1.82, 2.24) is 15.5 Å². The van der Waals surface area contributed by atoms with E-state index in [1.165, 1.54) is 11.1 Å². The highest BCUT2D eigenvalue weighted by Gasteiger charge is 2.12. The Morgan fingerprint density at radius 2 is 1.81 bits per heavy atom. The lowest BCUT2D eigenvalue weighted by molar-refractivity contribution is -0.143. The van der Waals surface area contributed by atoms with Crippen LogP contribution in [0.1, 0.15) is 57.1 Å². The van der Waals surface area contributed by atoms with Gasteiger partial charge in [0.25, 0.3) is 0 Å². The topological polar surface area (TPSA) is 75.2 Å². The molecule has 0 atom stereocenters. The number of hydrogen-bond donors (Lipinski definition) is 2. The van der Waals surface area contributed by atoms with Crippen LogP contribution in [0, 0.1) is 0 Å². The molecule has 0 aromatic heterocycles. The number of morpholine rings is 1. The van der Waals surface area contributed by atoms with E-state index in [0.29, 0.717) is 19.6 Å². The lowest BCUT2D eigenvalue weighted by Gasteiger charge is -2.27. The van der Waals surface area contributed by atoms with Crippen LogP contribution in [-0.2, 0) is 27.4 Å². The molecule has 2 N–H and O–H groups in total. The fraction of sp³-hybridized carbons (Fsp3) is 0.667. The third-order valence-electron chi connectivity index (χ3n) is 5.27. The summed E-state index contributed by atoms with van der Waals surface area (Å²) in [5, 5.41) is 6.77. The summed E-state index contributed by atoms with van der Waals surface area (Å²) in [5.74, 6) is 0.770. The summed E-state index contributed by atoms with van der Waals surface area (Å²) in [7, 11) is 0. The van der Waals surface area contributed by atoms with E-state index in [1.54, 1.807) is 0 Å². The van der Waals surface area contributed by atoms with E-state index < -0.39 is 0 Å². The Labute approximate surface area is 187 Å². The molecule has 1 fully saturated rings. The Kier molecular flexibility index (Phi) is 12.7. The summed E-state index contributed by atoms with van der Waals surface area (Å²) in [4.78, 5) is 18.6. The molecule has 1 aromatic carbocycles. The molecule has 0 radical (unpaired) electrons. The molecule has 0 bridgehead atoms. The van der Waals surface area contributed by atoms with E-state index in [2.05, 4.69) is 46.7 Å². The highest BCUT2D eigenvalue weighted by molar-refractivity contribution is 5.79. The Balaban J connectivity index is 1.74. The van der Waals surface area contributed by atoms with Gasteiger partial charge < -0.3 is 20.1 Å². The molecule has 31 heavy (non-hydrogen) atoms. The number of hydrogen-bond acceptors (Lipinski definition) is 5. The minimum atomic E-state index is -0.0870. The van der Waals surface area contributed by atoms with E-state index in [0.717, 1.165) is 77.6 Å². The number of esters is 1. The summed E-state index contributed by atoms with van der Waals surface area (Å²) in [5.41, 5.74) is 2.61. The predicted octanol–water partition coefficient (Wildman–Crippen LogP) is 3.09. The summed E-state index contributed by atoms with van der Waals surface area (Å²) in [6, 6.07) is 8.57. The number of rotatable bonds is 13. The number of guanidine groups is 1. The second-order valence-corrected chi connectivity index (χ2v) is 7.75. The molecule has 1 saturated heterocycles. The van der Waals surface area contributed by atoms with Gasteiger partial charge in [0, 0.05) is 39.1 Å². The van der Waals surface area contributed by atoms with Crippen molar-refractivity contribution in [2.45, 2.75) is 59.0 Å². The van der Waals surface area contributed by atoms with Gasteiger partial charge in [-0.25, -0.2) is 4.99 Å². The van der Waals surface area contributed by atoms with Crippen LogP contribution in [0.3, 0.4) is 0 Å². The minimum absolute atomic E-state index is 0.0870. The van der Waals surface area contributed by atoms with Gasteiger partial charge in [-0.05, 0) is 37.8 Å². The number of nitrogens with one attached hydrogen (secondary N) is 2. The van der Waals surface area contributed by atoms with Crippen molar-refractivity contribution >= 4 is 11.9 Å². The van der Waals surface area contributed by atoms with Crippen molar-refractivity contribution < 1.29 is 14.3 Å². The van der Waals surface area contributed by atoms with Gasteiger partial charge in [0.2, 0.25) is 0 Å². The first-order valence-electron chi connectivity index (χ1n) is 11.8. The third-order valence-corrected chi connectivity index (χ3v) is 5.27. The maximum atomic E-state index is 11.4. The molecule has 7 heteroatoms. The minimum Gasteiger partial charge on any atom is -0.466 e. The molecule has 2 rings (SSSR count). The zero-order chi connectivity index (χ0) is 22.2. The molecule has 1 aliphatic heterocycles. The monoisotopic (exact) mass is 432 g/mol. The van der Waals surface area contributed by atoms with Crippen molar-refractivity contribution in [2.75, 3.05) is 46.0 Å². The Bertz CT molecular complexity index is 660. The van der Waals surface area contributed by atoms with Crippen molar-refractivity contribution in [3.63, 3.8) is 0 Å². The predicted molar refractivity (Wildman–Crippen MR) is 125 cm³/mol. The van der Waals surface area contributed by atoms with Crippen molar-refractivity contribution in [3.05, 3.63) is 35.4 Å². The largest absolute Gasteiger partial charge is 0.466 e. The molecule has 0 saturated carbocycles. The molecule has 0 spiro atoms. The van der Waals surface area contributed by atoms with E-state index >= 15 is 0 Å². The Morgan fingerprint density at radius 1 is 1.06 bits per heavy atom. The number of carbonyl (C=O) groups is 1. The van der Waals surface area contributed by atoms with E-state index in [1.807, 2.05) is 6.92 Å². The summed E-state index contributed by atoms with van der Waals surface area (Å²) >= 11 is 0. The van der Waals surface area contributed by atoms with Crippen LogP contribution in [-0.4, -0.2) is 62.8 Å². The van der Waals surface area contributed by atoms with Crippen molar-refractivity contribution in [1.29, 1.82) is 0 Å². The molecule has 7 nitrogen and oxygen atoms in total. The standard InChI is InChI=1S/C24H40N4O3/c1-3-25-24(26-14-10-6-5-7-13-23(29)31-4-2)27-19-21-11-8-9-12-22(21)20-28-15-17-30-18-16-28/h8-9,11-12H,3-7,10,13-20H2,1-2H3,(H2,25,26,27). The number of unbranched alkanes of at least 4 members (excludes halogenated alkanes) is 3. The number of carbonyl (C=O) groups excluding carboxylic acids is 1. The van der Waals surface area contributed by atoms with Crippen LogP contribution in [0.25, 0.3) is 0 Å². The molecule has 0 amide bonds. The van der Waals surface area contributed by atoms with Gasteiger partial charge in [0.05, 0.1) is 26.4 Å². The lowest BCUT2D eigenvalue weighted by atomic mass is 10.1. The van der Waals surface area contributed by atoms with Crippen LogP contribution in [0.2, 0.25) is 0 Å². The first-order valence-corrected chi connectivity index (χ1v) is 11.8. The normalized spacial score (nSPS) is 15.0. The average molecular weight is 433 g/mol. The third kappa shape index (κ3) is 10.6. The summed E-state index contributed by atoms with van der Waals surface area (Å²) in [6.07, 6.45) is 4.61.